The van der Waals surface area contributed by atoms with E-state index in [-0.39, 0.29) is 42.1 Å². The maximum Gasteiger partial charge on any atom is 0.269 e. The van der Waals surface area contributed by atoms with Gasteiger partial charge in [0.15, 0.2) is 5.60 Å². The Morgan fingerprint density at radius 1 is 1.10 bits per heavy atom. The van der Waals surface area contributed by atoms with Gasteiger partial charge in [-0.15, -0.1) is 5.10 Å². The number of aromatic nitrogens is 3. The number of aryl methyl sites for hydroxylation is 1. The first-order valence-electron chi connectivity index (χ1n) is 17.3. The van der Waals surface area contributed by atoms with Gasteiger partial charge in [0.05, 0.1) is 44.1 Å². The topological polar surface area (TPSA) is 153 Å². The van der Waals surface area contributed by atoms with Gasteiger partial charge in [-0.25, -0.2) is 0 Å². The van der Waals surface area contributed by atoms with Crippen LogP contribution in [0.5, 0.6) is 5.75 Å². The highest BCUT2D eigenvalue weighted by molar-refractivity contribution is 6.91. The van der Waals surface area contributed by atoms with Crippen LogP contribution in [0.3, 0.4) is 0 Å². The van der Waals surface area contributed by atoms with Crippen molar-refractivity contribution in [3.63, 3.8) is 0 Å². The van der Waals surface area contributed by atoms with Gasteiger partial charge in [0, 0.05) is 68.0 Å². The minimum absolute atomic E-state index is 0.0272. The van der Waals surface area contributed by atoms with E-state index in [4.69, 9.17) is 9.47 Å². The number of ether oxygens (including phenoxy) is 2. The summed E-state index contributed by atoms with van der Waals surface area (Å²) in [6, 6.07) is 20.3. The van der Waals surface area contributed by atoms with Crippen LogP contribution in [0.2, 0.25) is 18.6 Å². The number of hydrogen-bond acceptors (Lipinski definition) is 9. The number of non-ortho nitro benzene ring substituents is 1. The van der Waals surface area contributed by atoms with Gasteiger partial charge in [0.1, 0.15) is 5.75 Å². The Labute approximate surface area is 296 Å². The smallest absolute Gasteiger partial charge is 0.269 e. The molecule has 0 unspecified atom stereocenters. The van der Waals surface area contributed by atoms with E-state index in [0.29, 0.717) is 49.3 Å². The van der Waals surface area contributed by atoms with E-state index in [2.05, 4.69) is 42.5 Å². The maximum atomic E-state index is 15.1. The number of benzene rings is 3. The number of rotatable bonds is 12. The molecule has 2 saturated heterocycles. The number of aliphatic hydroxyl groups excluding tert-OH is 1. The van der Waals surface area contributed by atoms with Crippen LogP contribution in [0.1, 0.15) is 36.6 Å². The number of carbonyl (C=O) groups is 2. The summed E-state index contributed by atoms with van der Waals surface area (Å²) in [6.45, 7) is 8.00. The van der Waals surface area contributed by atoms with E-state index in [9.17, 15) is 20.0 Å². The maximum absolute atomic E-state index is 15.1. The lowest BCUT2D eigenvalue weighted by molar-refractivity contribution is -0.385. The molecule has 0 saturated carbocycles. The fourth-order valence-corrected chi connectivity index (χ4v) is 12.4. The number of nitrogens with zero attached hydrogens (tertiary/aromatic N) is 6. The molecule has 266 valence electrons. The van der Waals surface area contributed by atoms with Gasteiger partial charge in [0.25, 0.3) is 11.6 Å². The van der Waals surface area contributed by atoms with Crippen LogP contribution in [0.15, 0.2) is 72.9 Å². The molecule has 51 heavy (non-hydrogen) atoms. The van der Waals surface area contributed by atoms with Crippen LogP contribution in [0, 0.1) is 16.0 Å². The second-order valence-corrected chi connectivity index (χ2v) is 18.9. The molecule has 3 aliphatic heterocycles. The van der Waals surface area contributed by atoms with Crippen LogP contribution >= 0.6 is 0 Å². The Kier molecular flexibility index (Phi) is 9.02. The fourth-order valence-electron chi connectivity index (χ4n) is 8.33. The van der Waals surface area contributed by atoms with Crippen molar-refractivity contribution in [2.24, 2.45) is 5.92 Å². The molecule has 2 amide bonds. The van der Waals surface area contributed by atoms with Crippen molar-refractivity contribution >= 4 is 42.1 Å². The molecular formula is C37H42N6O7Si. The zero-order chi connectivity index (χ0) is 36.1. The molecule has 1 aromatic heterocycles. The average molecular weight is 711 g/mol. The number of nitro benzene ring substituents is 1. The molecule has 13 nitrogen and oxygen atoms in total. The van der Waals surface area contributed by atoms with Crippen molar-refractivity contribution < 1.29 is 29.1 Å². The summed E-state index contributed by atoms with van der Waals surface area (Å²) < 4.78 is 14.3. The molecule has 7 rings (SSSR count). The van der Waals surface area contributed by atoms with Gasteiger partial charge in [-0.3, -0.25) is 24.4 Å². The number of aliphatic hydroxyl groups is 1. The summed E-state index contributed by atoms with van der Waals surface area (Å²) in [4.78, 5) is 42.2. The summed E-state index contributed by atoms with van der Waals surface area (Å²) in [6.07, 6.45) is 2.89. The minimum Gasteiger partial charge on any atom is -0.497 e. The lowest BCUT2D eigenvalue weighted by atomic mass is 9.82. The Hall–Kier alpha value is -4.92. The van der Waals surface area contributed by atoms with Gasteiger partial charge in [-0.05, 0) is 47.9 Å². The summed E-state index contributed by atoms with van der Waals surface area (Å²) in [5.41, 5.74) is 1.83. The summed E-state index contributed by atoms with van der Waals surface area (Å²) in [5, 5.41) is 31.1. The number of anilines is 2. The third-order valence-electron chi connectivity index (χ3n) is 11.1. The van der Waals surface area contributed by atoms with E-state index < -0.39 is 24.7 Å². The van der Waals surface area contributed by atoms with Crippen LogP contribution < -0.4 is 19.7 Å². The number of amides is 2. The second-order valence-electron chi connectivity index (χ2n) is 14.2. The Bertz CT molecular complexity index is 1970. The molecule has 4 heterocycles. The highest BCUT2D eigenvalue weighted by atomic mass is 28.3. The molecule has 0 aliphatic carbocycles. The zero-order valence-electron chi connectivity index (χ0n) is 29.2. The highest BCUT2D eigenvalue weighted by Gasteiger charge is 2.66. The van der Waals surface area contributed by atoms with Gasteiger partial charge in [-0.1, -0.05) is 54.7 Å². The largest absolute Gasteiger partial charge is 0.497 e. The molecule has 1 N–H and O–H groups in total. The molecule has 14 heteroatoms. The summed E-state index contributed by atoms with van der Waals surface area (Å²) >= 11 is 0. The first-order valence-corrected chi connectivity index (χ1v) is 20.4. The molecule has 0 bridgehead atoms. The molecule has 4 atom stereocenters. The molecule has 0 radical (unpaired) electrons. The van der Waals surface area contributed by atoms with Crippen molar-refractivity contribution in [3.05, 3.63) is 99.9 Å². The second kappa shape index (κ2) is 13.3. The Morgan fingerprint density at radius 2 is 1.84 bits per heavy atom. The number of hydrogen-bond donors (Lipinski definition) is 1. The van der Waals surface area contributed by atoms with Gasteiger partial charge >= 0.3 is 0 Å². The predicted octanol–water partition coefficient (Wildman–Crippen LogP) is 4.32. The number of nitro groups is 1. The molecule has 3 aromatic carbocycles. The SMILES string of the molecule is COc1ccc([Si](C)(C)[C@@H]2[C@@H](CCn3cc(CCO)nn3)O[C@]3(C(=O)N(Cc4ccc(N5CCC5=O)cc4)c4ccc([N+](=O)[O-])cc43)[C@H]2C)cc1. The monoisotopic (exact) mass is 710 g/mol. The van der Waals surface area contributed by atoms with E-state index in [1.807, 2.05) is 42.6 Å². The quantitative estimate of drug-likeness (QED) is 0.0981. The Morgan fingerprint density at radius 3 is 2.47 bits per heavy atom. The van der Waals surface area contributed by atoms with E-state index in [0.717, 1.165) is 17.0 Å². The zero-order valence-corrected chi connectivity index (χ0v) is 30.2. The molecule has 1 spiro atoms. The number of fused-ring (bicyclic) bond motifs is 2. The van der Waals surface area contributed by atoms with Crippen molar-refractivity contribution in [2.75, 3.05) is 30.1 Å². The van der Waals surface area contributed by atoms with Crippen LogP contribution in [-0.2, 0) is 39.4 Å². The average Bonchev–Trinajstić information content (AvgIpc) is 3.77. The minimum atomic E-state index is -2.45. The molecule has 2 fully saturated rings. The van der Waals surface area contributed by atoms with E-state index in [1.54, 1.807) is 27.7 Å². The van der Waals surface area contributed by atoms with Gasteiger partial charge in [0.2, 0.25) is 5.91 Å². The summed E-state index contributed by atoms with van der Waals surface area (Å²) in [7, 11) is -0.811. The standard InChI is InChI=1S/C37H42N6O7Si/c1-24-35(51(3,4)30-12-10-29(49-2)11-13-30)33(15-18-40-23-26(17-20-44)38-39-40)50-37(24)31-21-28(43(47)48)9-14-32(31)42(36(37)46)22-25-5-7-27(8-6-25)41-19-16-34(41)45/h5-14,21,23-24,33,35,44H,15-20,22H2,1-4H3/t24-,33+,35-,37+/m0/s1. The third-order valence-corrected chi connectivity index (χ3v) is 15.4. The van der Waals surface area contributed by atoms with Crippen molar-refractivity contribution in [3.8, 4) is 5.75 Å². The van der Waals surface area contributed by atoms with Crippen LogP contribution in [0.4, 0.5) is 17.1 Å². The first-order chi connectivity index (χ1) is 24.5. The Balaban J connectivity index is 1.28. The normalized spacial score (nSPS) is 22.8. The van der Waals surface area contributed by atoms with Crippen molar-refractivity contribution in [1.29, 1.82) is 0 Å². The fraction of sp³-hybridized carbons (Fsp3) is 0.405. The van der Waals surface area contributed by atoms with Gasteiger partial charge in [-0.2, -0.15) is 0 Å². The molecule has 3 aliphatic rings. The van der Waals surface area contributed by atoms with Gasteiger partial charge < -0.3 is 24.4 Å². The summed E-state index contributed by atoms with van der Waals surface area (Å²) in [5.74, 6) is 0.252. The van der Waals surface area contributed by atoms with Crippen molar-refractivity contribution in [1.82, 2.24) is 15.0 Å². The molecular weight excluding hydrogens is 669 g/mol. The first kappa shape index (κ1) is 34.5. The van der Waals surface area contributed by atoms with Crippen LogP contribution in [-0.4, -0.2) is 71.3 Å². The predicted molar refractivity (Wildman–Crippen MR) is 193 cm³/mol. The van der Waals surface area contributed by atoms with Crippen LogP contribution in [0.25, 0.3) is 0 Å². The number of β-lactam (4-membered cyclic amide) rings is 1. The number of carbonyl (C=O) groups excluding carboxylic acids is 2. The number of methoxy groups -OCH3 is 1. The van der Waals surface area contributed by atoms with E-state index in [1.165, 1.54) is 17.3 Å². The van der Waals surface area contributed by atoms with Crippen molar-refractivity contribution in [2.45, 2.75) is 69.6 Å². The highest BCUT2D eigenvalue weighted by Crippen LogP contribution is 2.60. The lowest BCUT2D eigenvalue weighted by Gasteiger charge is -2.37. The lowest BCUT2D eigenvalue weighted by Crippen LogP contribution is -2.51. The van der Waals surface area contributed by atoms with E-state index >= 15 is 4.79 Å². The third kappa shape index (κ3) is 5.90. The molecule has 4 aromatic rings.